The van der Waals surface area contributed by atoms with Crippen molar-refractivity contribution in [1.29, 1.82) is 0 Å². The fourth-order valence-electron chi connectivity index (χ4n) is 1.79. The predicted molar refractivity (Wildman–Crippen MR) is 71.2 cm³/mol. The molecule has 0 spiro atoms. The van der Waals surface area contributed by atoms with Crippen LogP contribution in [0.15, 0.2) is 29.3 Å². The molecule has 4 nitrogen and oxygen atoms in total. The van der Waals surface area contributed by atoms with Crippen LogP contribution < -0.4 is 14.8 Å². The molecule has 0 radical (unpaired) electrons. The Kier molecular flexibility index (Phi) is 4.90. The number of fused-ring (bicyclic) bond motifs is 1. The minimum atomic E-state index is -0.0811. The van der Waals surface area contributed by atoms with Gasteiger partial charge in [-0.15, -0.1) is 24.8 Å². The third-order valence-electron chi connectivity index (χ3n) is 2.51. The number of amidine groups is 1. The van der Waals surface area contributed by atoms with Crippen molar-refractivity contribution < 1.29 is 9.47 Å². The Morgan fingerprint density at radius 2 is 1.94 bits per heavy atom. The third-order valence-corrected chi connectivity index (χ3v) is 2.51. The van der Waals surface area contributed by atoms with Crippen LogP contribution in [0.25, 0.3) is 0 Å². The Balaban J connectivity index is 0.000000722. The summed E-state index contributed by atoms with van der Waals surface area (Å²) in [5, 5.41) is 3.20. The number of nitrogens with one attached hydrogen (secondary N) is 1. The van der Waals surface area contributed by atoms with Crippen LogP contribution in [0.3, 0.4) is 0 Å². The number of aliphatic imine (C=N–C) groups is 1. The van der Waals surface area contributed by atoms with Crippen LogP contribution in [0.2, 0.25) is 0 Å². The van der Waals surface area contributed by atoms with E-state index >= 15 is 0 Å². The van der Waals surface area contributed by atoms with E-state index in [1.165, 1.54) is 0 Å². The zero-order valence-electron chi connectivity index (χ0n) is 9.09. The van der Waals surface area contributed by atoms with E-state index in [0.29, 0.717) is 6.61 Å². The summed E-state index contributed by atoms with van der Waals surface area (Å²) < 4.78 is 11.4. The van der Waals surface area contributed by atoms with Crippen molar-refractivity contribution in [3.63, 3.8) is 0 Å². The van der Waals surface area contributed by atoms with E-state index in [9.17, 15) is 0 Å². The normalized spacial score (nSPS) is 20.5. The summed E-state index contributed by atoms with van der Waals surface area (Å²) in [4.78, 5) is 4.33. The van der Waals surface area contributed by atoms with Gasteiger partial charge in [0.2, 0.25) is 0 Å². The lowest BCUT2D eigenvalue weighted by molar-refractivity contribution is 0.133. The molecule has 1 unspecified atom stereocenters. The van der Waals surface area contributed by atoms with Gasteiger partial charge in [-0.25, -0.2) is 0 Å². The van der Waals surface area contributed by atoms with Crippen molar-refractivity contribution in [2.24, 2.45) is 4.99 Å². The Hall–Kier alpha value is -1.13. The SMILES string of the molecule is Cl.Cl.c1ccc2c(c1)OCC(C1=NCCN1)O2. The Morgan fingerprint density at radius 3 is 2.65 bits per heavy atom. The number of hydrogen-bond donors (Lipinski definition) is 1. The lowest BCUT2D eigenvalue weighted by Crippen LogP contribution is -2.42. The molecule has 1 atom stereocenters. The second-order valence-electron chi connectivity index (χ2n) is 3.56. The topological polar surface area (TPSA) is 42.8 Å². The first-order chi connectivity index (χ1) is 7.43. The van der Waals surface area contributed by atoms with Crippen LogP contribution in [-0.2, 0) is 0 Å². The van der Waals surface area contributed by atoms with E-state index < -0.39 is 0 Å². The molecule has 2 heterocycles. The maximum Gasteiger partial charge on any atom is 0.189 e. The smallest absolute Gasteiger partial charge is 0.189 e. The number of rotatable bonds is 1. The van der Waals surface area contributed by atoms with Crippen molar-refractivity contribution in [1.82, 2.24) is 5.32 Å². The first-order valence-corrected chi connectivity index (χ1v) is 5.10. The fraction of sp³-hybridized carbons (Fsp3) is 0.364. The quantitative estimate of drug-likeness (QED) is 0.849. The molecule has 0 fully saturated rings. The maximum atomic E-state index is 5.80. The summed E-state index contributed by atoms with van der Waals surface area (Å²) in [5.74, 6) is 2.52. The van der Waals surface area contributed by atoms with Gasteiger partial charge in [0.15, 0.2) is 17.6 Å². The average Bonchev–Trinajstić information content (AvgIpc) is 2.82. The molecule has 6 heteroatoms. The van der Waals surface area contributed by atoms with E-state index in [1.807, 2.05) is 24.3 Å². The first-order valence-electron chi connectivity index (χ1n) is 5.10. The van der Waals surface area contributed by atoms with E-state index in [-0.39, 0.29) is 30.9 Å². The lowest BCUT2D eigenvalue weighted by atomic mass is 10.2. The summed E-state index contributed by atoms with van der Waals surface area (Å²) in [6.07, 6.45) is -0.0811. The molecule has 0 aromatic heterocycles. The summed E-state index contributed by atoms with van der Waals surface area (Å²) in [6, 6.07) is 7.70. The molecule has 17 heavy (non-hydrogen) atoms. The van der Waals surface area contributed by atoms with Crippen LogP contribution in [0.4, 0.5) is 0 Å². The van der Waals surface area contributed by atoms with Crippen molar-refractivity contribution >= 4 is 30.6 Å². The second kappa shape index (κ2) is 5.98. The minimum Gasteiger partial charge on any atom is -0.485 e. The molecular formula is C11H14Cl2N2O2. The van der Waals surface area contributed by atoms with Gasteiger partial charge in [-0.1, -0.05) is 12.1 Å². The van der Waals surface area contributed by atoms with E-state index in [4.69, 9.17) is 9.47 Å². The third kappa shape index (κ3) is 2.76. The molecule has 2 aliphatic heterocycles. The summed E-state index contributed by atoms with van der Waals surface area (Å²) >= 11 is 0. The van der Waals surface area contributed by atoms with Crippen molar-refractivity contribution in [3.8, 4) is 11.5 Å². The van der Waals surface area contributed by atoms with Gasteiger partial charge in [-0.05, 0) is 12.1 Å². The highest BCUT2D eigenvalue weighted by atomic mass is 35.5. The molecule has 0 saturated heterocycles. The average molecular weight is 277 g/mol. The predicted octanol–water partition coefficient (Wildman–Crippen LogP) is 1.67. The zero-order chi connectivity index (χ0) is 10.1. The molecule has 94 valence electrons. The van der Waals surface area contributed by atoms with Crippen molar-refractivity contribution in [2.45, 2.75) is 6.10 Å². The summed E-state index contributed by atoms with van der Waals surface area (Å²) in [6.45, 7) is 2.26. The molecule has 0 bridgehead atoms. The van der Waals surface area contributed by atoms with Gasteiger partial charge < -0.3 is 14.8 Å². The molecule has 1 N–H and O–H groups in total. The lowest BCUT2D eigenvalue weighted by Gasteiger charge is -2.26. The molecular weight excluding hydrogens is 263 g/mol. The molecule has 0 saturated carbocycles. The van der Waals surface area contributed by atoms with Gasteiger partial charge in [0, 0.05) is 6.54 Å². The Bertz CT molecular complexity index is 412. The fourth-order valence-corrected chi connectivity index (χ4v) is 1.79. The van der Waals surface area contributed by atoms with E-state index in [0.717, 1.165) is 30.4 Å². The maximum absolute atomic E-state index is 5.80. The largest absolute Gasteiger partial charge is 0.485 e. The number of nitrogens with zero attached hydrogens (tertiary/aromatic N) is 1. The highest BCUT2D eigenvalue weighted by Gasteiger charge is 2.26. The van der Waals surface area contributed by atoms with Crippen LogP contribution >= 0.6 is 24.8 Å². The van der Waals surface area contributed by atoms with E-state index in [2.05, 4.69) is 10.3 Å². The first kappa shape index (κ1) is 13.9. The zero-order valence-corrected chi connectivity index (χ0v) is 10.7. The van der Waals surface area contributed by atoms with Gasteiger partial charge >= 0.3 is 0 Å². The number of para-hydroxylation sites is 2. The Morgan fingerprint density at radius 1 is 1.18 bits per heavy atom. The molecule has 1 aromatic carbocycles. The number of hydrogen-bond acceptors (Lipinski definition) is 4. The van der Waals surface area contributed by atoms with Gasteiger partial charge in [0.1, 0.15) is 12.4 Å². The second-order valence-corrected chi connectivity index (χ2v) is 3.56. The molecule has 2 aliphatic rings. The summed E-state index contributed by atoms with van der Waals surface area (Å²) in [7, 11) is 0. The number of ether oxygens (including phenoxy) is 2. The molecule has 3 rings (SSSR count). The van der Waals surface area contributed by atoms with Crippen LogP contribution in [-0.4, -0.2) is 31.6 Å². The van der Waals surface area contributed by atoms with Crippen molar-refractivity contribution in [2.75, 3.05) is 19.7 Å². The van der Waals surface area contributed by atoms with Gasteiger partial charge in [-0.3, -0.25) is 4.99 Å². The van der Waals surface area contributed by atoms with Crippen LogP contribution in [0, 0.1) is 0 Å². The van der Waals surface area contributed by atoms with Gasteiger partial charge in [-0.2, -0.15) is 0 Å². The molecule has 1 aromatic rings. The standard InChI is InChI=1S/C11H12N2O2.2ClH/c1-2-4-9-8(3-1)14-7-10(15-9)11-12-5-6-13-11;;/h1-4,10H,5-7H2,(H,12,13);2*1H. The highest BCUT2D eigenvalue weighted by Crippen LogP contribution is 2.31. The van der Waals surface area contributed by atoms with Gasteiger partial charge in [0.25, 0.3) is 0 Å². The van der Waals surface area contributed by atoms with Crippen molar-refractivity contribution in [3.05, 3.63) is 24.3 Å². The van der Waals surface area contributed by atoms with E-state index in [1.54, 1.807) is 0 Å². The Labute approximate surface area is 112 Å². The molecule has 0 aliphatic carbocycles. The highest BCUT2D eigenvalue weighted by molar-refractivity contribution is 5.88. The number of benzene rings is 1. The summed E-state index contributed by atoms with van der Waals surface area (Å²) in [5.41, 5.74) is 0. The number of halogens is 2. The van der Waals surface area contributed by atoms with Gasteiger partial charge in [0.05, 0.1) is 6.54 Å². The molecule has 0 amide bonds. The minimum absolute atomic E-state index is 0. The van der Waals surface area contributed by atoms with Crippen LogP contribution in [0.1, 0.15) is 0 Å². The monoisotopic (exact) mass is 276 g/mol. The van der Waals surface area contributed by atoms with Crippen LogP contribution in [0.5, 0.6) is 11.5 Å².